The minimum atomic E-state index is -0.598. The minimum Gasteiger partial charge on any atom is -0.392 e. The van der Waals surface area contributed by atoms with E-state index in [1.807, 2.05) is 73.7 Å². The number of aryl methyl sites for hydroxylation is 1. The van der Waals surface area contributed by atoms with Crippen molar-refractivity contribution in [2.75, 3.05) is 5.75 Å². The van der Waals surface area contributed by atoms with Gasteiger partial charge >= 0.3 is 0 Å². The Balaban J connectivity index is 1.12. The number of fused-ring (bicyclic) bond motifs is 1. The molecule has 1 fully saturated rings. The average molecular weight is 650 g/mol. The van der Waals surface area contributed by atoms with Crippen LogP contribution in [0.3, 0.4) is 0 Å². The molecular formula is C36H31N3O5S2. The molecule has 0 unspecified atom stereocenters. The molecule has 8 nitrogen and oxygen atoms in total. The second-order valence-corrected chi connectivity index (χ2v) is 13.8. The molecule has 2 aliphatic heterocycles. The second-order valence-electron chi connectivity index (χ2n) is 11.3. The number of benzene rings is 4. The van der Waals surface area contributed by atoms with Crippen LogP contribution in [0.4, 0.5) is 0 Å². The number of carbonyl (C=O) groups is 2. The standard InChI is InChI=1S/C36H31N3O5S2/c1-22-37-38-36(46-22)45-21-29-18-32(25-14-12-23(20-40)13-15-25)44-35(43-29)28-9-5-8-27(17-28)26-7-4-6-24(16-26)19-39-33(41)30-10-2-3-11-31(30)34(39)42/h2-17,29,32,35,40H,18-21H2,1H3/t29-,32+,35+/m0/s1. The molecule has 4 aromatic carbocycles. The van der Waals surface area contributed by atoms with Crippen LogP contribution in [-0.2, 0) is 22.6 Å². The van der Waals surface area contributed by atoms with E-state index in [9.17, 15) is 14.7 Å². The molecule has 10 heteroatoms. The molecule has 232 valence electrons. The number of imide groups is 1. The zero-order chi connectivity index (χ0) is 31.6. The number of amides is 2. The van der Waals surface area contributed by atoms with Gasteiger partial charge in [-0.05, 0) is 59.0 Å². The number of thioether (sulfide) groups is 1. The fourth-order valence-electron chi connectivity index (χ4n) is 5.80. The molecule has 46 heavy (non-hydrogen) atoms. The molecule has 0 saturated carbocycles. The van der Waals surface area contributed by atoms with E-state index in [0.717, 1.165) is 42.7 Å². The van der Waals surface area contributed by atoms with Gasteiger partial charge in [0.1, 0.15) is 5.01 Å². The maximum atomic E-state index is 13.0. The topological polar surface area (TPSA) is 102 Å². The van der Waals surface area contributed by atoms with E-state index in [1.54, 1.807) is 47.4 Å². The maximum absolute atomic E-state index is 13.0. The van der Waals surface area contributed by atoms with Gasteiger partial charge in [0.15, 0.2) is 10.6 Å². The zero-order valence-electron chi connectivity index (χ0n) is 25.0. The Bertz CT molecular complexity index is 1860. The molecule has 0 spiro atoms. The highest BCUT2D eigenvalue weighted by atomic mass is 32.2. The Labute approximate surface area is 275 Å². The third-order valence-electron chi connectivity index (χ3n) is 8.15. The summed E-state index contributed by atoms with van der Waals surface area (Å²) >= 11 is 3.21. The summed E-state index contributed by atoms with van der Waals surface area (Å²) in [7, 11) is 0. The molecule has 1 aromatic heterocycles. The van der Waals surface area contributed by atoms with Crippen LogP contribution in [0.2, 0.25) is 0 Å². The predicted molar refractivity (Wildman–Crippen MR) is 176 cm³/mol. The van der Waals surface area contributed by atoms with Crippen LogP contribution in [0.5, 0.6) is 0 Å². The lowest BCUT2D eigenvalue weighted by Crippen LogP contribution is -2.31. The van der Waals surface area contributed by atoms with Gasteiger partial charge in [0.2, 0.25) is 0 Å². The van der Waals surface area contributed by atoms with Gasteiger partial charge in [-0.25, -0.2) is 0 Å². The van der Waals surface area contributed by atoms with Crippen molar-refractivity contribution in [3.63, 3.8) is 0 Å². The van der Waals surface area contributed by atoms with Crippen LogP contribution in [-0.4, -0.2) is 43.9 Å². The van der Waals surface area contributed by atoms with Crippen LogP contribution in [0.1, 0.15) is 66.8 Å². The summed E-state index contributed by atoms with van der Waals surface area (Å²) < 4.78 is 14.0. The Morgan fingerprint density at radius 3 is 2.24 bits per heavy atom. The minimum absolute atomic E-state index is 0.00956. The van der Waals surface area contributed by atoms with Crippen LogP contribution < -0.4 is 0 Å². The fraction of sp³-hybridized carbons (Fsp3) is 0.222. The highest BCUT2D eigenvalue weighted by molar-refractivity contribution is 8.01. The summed E-state index contributed by atoms with van der Waals surface area (Å²) in [6.45, 7) is 2.13. The fourth-order valence-corrected chi connectivity index (χ4v) is 7.66. The van der Waals surface area contributed by atoms with Crippen LogP contribution in [0.15, 0.2) is 101 Å². The number of rotatable bonds is 9. The van der Waals surface area contributed by atoms with E-state index in [2.05, 4.69) is 16.3 Å². The summed E-state index contributed by atoms with van der Waals surface area (Å²) in [5.74, 6) is 0.169. The predicted octanol–water partition coefficient (Wildman–Crippen LogP) is 7.14. The van der Waals surface area contributed by atoms with Gasteiger partial charge < -0.3 is 14.6 Å². The van der Waals surface area contributed by atoms with Crippen molar-refractivity contribution in [3.8, 4) is 11.1 Å². The van der Waals surface area contributed by atoms with Gasteiger partial charge in [-0.15, -0.1) is 10.2 Å². The number of aliphatic hydroxyl groups is 1. The highest BCUT2D eigenvalue weighted by Gasteiger charge is 2.35. The van der Waals surface area contributed by atoms with Crippen molar-refractivity contribution in [1.82, 2.24) is 15.1 Å². The molecule has 3 heterocycles. The molecule has 0 bridgehead atoms. The summed E-state index contributed by atoms with van der Waals surface area (Å²) in [5.41, 5.74) is 6.46. The van der Waals surface area contributed by atoms with Gasteiger partial charge in [-0.2, -0.15) is 0 Å². The maximum Gasteiger partial charge on any atom is 0.261 e. The molecule has 3 atom stereocenters. The van der Waals surface area contributed by atoms with E-state index in [0.29, 0.717) is 23.3 Å². The quantitative estimate of drug-likeness (QED) is 0.133. The largest absolute Gasteiger partial charge is 0.392 e. The summed E-state index contributed by atoms with van der Waals surface area (Å²) in [4.78, 5) is 27.2. The van der Waals surface area contributed by atoms with Crippen LogP contribution in [0.25, 0.3) is 11.1 Å². The Kier molecular flexibility index (Phi) is 8.79. The van der Waals surface area contributed by atoms with Crippen molar-refractivity contribution < 1.29 is 24.2 Å². The molecule has 5 aromatic rings. The highest BCUT2D eigenvalue weighted by Crippen LogP contribution is 2.40. The van der Waals surface area contributed by atoms with Gasteiger partial charge in [-0.3, -0.25) is 14.5 Å². The first-order valence-electron chi connectivity index (χ1n) is 15.0. The molecule has 7 rings (SSSR count). The Hall–Kier alpha value is -4.19. The smallest absolute Gasteiger partial charge is 0.261 e. The van der Waals surface area contributed by atoms with E-state index in [-0.39, 0.29) is 37.2 Å². The summed E-state index contributed by atoms with van der Waals surface area (Å²) in [6, 6.07) is 30.8. The Morgan fingerprint density at radius 1 is 0.826 bits per heavy atom. The lowest BCUT2D eigenvalue weighted by atomic mass is 9.99. The first-order valence-corrected chi connectivity index (χ1v) is 16.8. The molecule has 2 amide bonds. The van der Waals surface area contributed by atoms with Gasteiger partial charge in [0.25, 0.3) is 11.8 Å². The van der Waals surface area contributed by atoms with E-state index < -0.39 is 6.29 Å². The van der Waals surface area contributed by atoms with Crippen molar-refractivity contribution in [1.29, 1.82) is 0 Å². The molecular weight excluding hydrogens is 619 g/mol. The number of carbonyl (C=O) groups excluding carboxylic acids is 2. The lowest BCUT2D eigenvalue weighted by Gasteiger charge is -2.36. The number of hydrogen-bond donors (Lipinski definition) is 1. The van der Waals surface area contributed by atoms with Crippen LogP contribution >= 0.6 is 23.1 Å². The second kappa shape index (κ2) is 13.3. The molecule has 0 aliphatic carbocycles. The van der Waals surface area contributed by atoms with Gasteiger partial charge in [-0.1, -0.05) is 95.9 Å². The van der Waals surface area contributed by atoms with Crippen molar-refractivity contribution in [3.05, 3.63) is 135 Å². The third kappa shape index (κ3) is 6.40. The normalized spacial score (nSPS) is 19.4. The monoisotopic (exact) mass is 649 g/mol. The van der Waals surface area contributed by atoms with Crippen LogP contribution in [0, 0.1) is 6.92 Å². The van der Waals surface area contributed by atoms with Crippen molar-refractivity contribution in [2.24, 2.45) is 0 Å². The Morgan fingerprint density at radius 2 is 1.54 bits per heavy atom. The lowest BCUT2D eigenvalue weighted by molar-refractivity contribution is -0.245. The first-order chi connectivity index (χ1) is 22.4. The molecule has 2 aliphatic rings. The number of hydrogen-bond acceptors (Lipinski definition) is 9. The average Bonchev–Trinajstić information content (AvgIpc) is 3.63. The molecule has 1 N–H and O–H groups in total. The zero-order valence-corrected chi connectivity index (χ0v) is 26.7. The van der Waals surface area contributed by atoms with Crippen molar-refractivity contribution in [2.45, 2.75) is 49.3 Å². The van der Waals surface area contributed by atoms with Gasteiger partial charge in [0, 0.05) is 17.7 Å². The first kappa shape index (κ1) is 30.5. The summed E-state index contributed by atoms with van der Waals surface area (Å²) in [5, 5.41) is 18.8. The van der Waals surface area contributed by atoms with Crippen molar-refractivity contribution >= 4 is 34.9 Å². The van der Waals surface area contributed by atoms with E-state index in [4.69, 9.17) is 9.47 Å². The molecule has 0 radical (unpaired) electrons. The number of ether oxygens (including phenoxy) is 2. The molecule has 1 saturated heterocycles. The summed E-state index contributed by atoms with van der Waals surface area (Å²) in [6.07, 6.45) is -0.208. The number of aliphatic hydroxyl groups excluding tert-OH is 1. The SMILES string of the molecule is Cc1nnc(SC[C@@H]2C[C@H](c3ccc(CO)cc3)O[C@H](c3cccc(-c4cccc(CN5C(=O)c6ccccc6C5=O)c4)c3)O2)s1. The number of aromatic nitrogens is 2. The third-order valence-corrected chi connectivity index (χ3v) is 10.3. The number of nitrogens with zero attached hydrogens (tertiary/aromatic N) is 3. The van der Waals surface area contributed by atoms with Gasteiger partial charge in [0.05, 0.1) is 36.5 Å². The van der Waals surface area contributed by atoms with E-state index >= 15 is 0 Å². The van der Waals surface area contributed by atoms with E-state index in [1.165, 1.54) is 4.90 Å².